The molecule has 0 unspecified atom stereocenters. The summed E-state index contributed by atoms with van der Waals surface area (Å²) in [6.45, 7) is 8.77. The highest BCUT2D eigenvalue weighted by atomic mass is 19.1. The molecule has 0 radical (unpaired) electrons. The molecule has 0 saturated heterocycles. The molecule has 0 aromatic heterocycles. The third-order valence-corrected chi connectivity index (χ3v) is 7.81. The summed E-state index contributed by atoms with van der Waals surface area (Å²) < 4.78 is 26.6. The van der Waals surface area contributed by atoms with Gasteiger partial charge >= 0.3 is 11.9 Å². The SMILES string of the molecule is CCCCCCCCCCCCOc1ccc(-c2ccc(C(=O)O)cc2-c2ccc(C(=O)O[C@H](C)CC(C)C)c(F)c2)cc1. The number of unbranched alkanes of at least 4 members (excludes halogenated alkanes) is 9. The summed E-state index contributed by atoms with van der Waals surface area (Å²) in [5.41, 5.74) is 2.55. The first-order valence-electron chi connectivity index (χ1n) is 16.3. The van der Waals surface area contributed by atoms with Crippen LogP contribution in [0.15, 0.2) is 60.7 Å². The summed E-state index contributed by atoms with van der Waals surface area (Å²) in [5, 5.41) is 9.62. The molecule has 6 heteroatoms. The smallest absolute Gasteiger partial charge is 0.341 e. The van der Waals surface area contributed by atoms with Crippen molar-refractivity contribution in [1.82, 2.24) is 0 Å². The van der Waals surface area contributed by atoms with Gasteiger partial charge in [0, 0.05) is 0 Å². The quantitative estimate of drug-likeness (QED) is 0.109. The maximum atomic E-state index is 15.2. The van der Waals surface area contributed by atoms with Crippen molar-refractivity contribution in [2.75, 3.05) is 6.61 Å². The van der Waals surface area contributed by atoms with Gasteiger partial charge in [-0.05, 0) is 84.3 Å². The molecule has 0 aliphatic heterocycles. The number of hydrogen-bond donors (Lipinski definition) is 1. The van der Waals surface area contributed by atoms with E-state index in [-0.39, 0.29) is 17.2 Å². The van der Waals surface area contributed by atoms with E-state index < -0.39 is 17.8 Å². The molecule has 0 fully saturated rings. The Morgan fingerprint density at radius 3 is 1.95 bits per heavy atom. The van der Waals surface area contributed by atoms with Gasteiger partial charge < -0.3 is 14.6 Å². The molecule has 0 saturated carbocycles. The third kappa shape index (κ3) is 11.1. The summed E-state index contributed by atoms with van der Waals surface area (Å²) in [6, 6.07) is 16.7. The lowest BCUT2D eigenvalue weighted by Gasteiger charge is -2.16. The van der Waals surface area contributed by atoms with E-state index in [1.165, 1.54) is 75.6 Å². The lowest BCUT2D eigenvalue weighted by molar-refractivity contribution is 0.0294. The van der Waals surface area contributed by atoms with Crippen LogP contribution in [0, 0.1) is 11.7 Å². The summed E-state index contributed by atoms with van der Waals surface area (Å²) >= 11 is 0. The Hall–Kier alpha value is -3.67. The molecule has 44 heavy (non-hydrogen) atoms. The summed E-state index contributed by atoms with van der Waals surface area (Å²) in [7, 11) is 0. The molecule has 0 aliphatic carbocycles. The summed E-state index contributed by atoms with van der Waals surface area (Å²) in [5.74, 6) is -1.39. The fourth-order valence-corrected chi connectivity index (χ4v) is 5.48. The largest absolute Gasteiger partial charge is 0.494 e. The molecular weight excluding hydrogens is 555 g/mol. The zero-order valence-corrected chi connectivity index (χ0v) is 26.9. The van der Waals surface area contributed by atoms with Crippen LogP contribution in [-0.4, -0.2) is 29.8 Å². The van der Waals surface area contributed by atoms with Gasteiger partial charge in [0.05, 0.1) is 23.8 Å². The van der Waals surface area contributed by atoms with Crippen molar-refractivity contribution in [1.29, 1.82) is 0 Å². The zero-order valence-electron chi connectivity index (χ0n) is 26.9. The number of benzene rings is 3. The minimum absolute atomic E-state index is 0.0894. The van der Waals surface area contributed by atoms with E-state index >= 15 is 4.39 Å². The van der Waals surface area contributed by atoms with E-state index in [1.54, 1.807) is 19.1 Å². The molecule has 3 aromatic carbocycles. The molecule has 0 bridgehead atoms. The number of ether oxygens (including phenoxy) is 2. The molecule has 1 atom stereocenters. The Morgan fingerprint density at radius 2 is 1.36 bits per heavy atom. The van der Waals surface area contributed by atoms with Gasteiger partial charge in [-0.3, -0.25) is 0 Å². The van der Waals surface area contributed by atoms with E-state index in [0.29, 0.717) is 30.1 Å². The van der Waals surface area contributed by atoms with Crippen LogP contribution in [0.25, 0.3) is 22.3 Å². The van der Waals surface area contributed by atoms with Crippen LogP contribution in [0.2, 0.25) is 0 Å². The molecule has 3 rings (SSSR count). The molecule has 0 amide bonds. The number of carbonyl (C=O) groups is 2. The Labute approximate surface area is 262 Å². The van der Waals surface area contributed by atoms with Crippen molar-refractivity contribution in [2.45, 2.75) is 104 Å². The number of carboxylic acid groups (broad SMARTS) is 1. The van der Waals surface area contributed by atoms with Gasteiger partial charge in [0.25, 0.3) is 0 Å². The predicted octanol–water partition coefficient (Wildman–Crippen LogP) is 10.7. The minimum Gasteiger partial charge on any atom is -0.494 e. The van der Waals surface area contributed by atoms with E-state index in [9.17, 15) is 14.7 Å². The lowest BCUT2D eigenvalue weighted by atomic mass is 9.92. The number of carbonyl (C=O) groups excluding carboxylic acids is 1. The van der Waals surface area contributed by atoms with Gasteiger partial charge in [-0.15, -0.1) is 0 Å². The van der Waals surface area contributed by atoms with Crippen LogP contribution in [-0.2, 0) is 4.74 Å². The average Bonchev–Trinajstić information content (AvgIpc) is 2.99. The minimum atomic E-state index is -1.08. The third-order valence-electron chi connectivity index (χ3n) is 7.81. The van der Waals surface area contributed by atoms with Crippen molar-refractivity contribution < 1.29 is 28.6 Å². The van der Waals surface area contributed by atoms with Crippen LogP contribution in [0.5, 0.6) is 5.75 Å². The van der Waals surface area contributed by atoms with E-state index in [4.69, 9.17) is 9.47 Å². The predicted molar refractivity (Wildman–Crippen MR) is 176 cm³/mol. The highest BCUT2D eigenvalue weighted by Crippen LogP contribution is 2.35. The van der Waals surface area contributed by atoms with Crippen molar-refractivity contribution in [3.63, 3.8) is 0 Å². The molecule has 238 valence electrons. The van der Waals surface area contributed by atoms with Crippen LogP contribution >= 0.6 is 0 Å². The molecule has 5 nitrogen and oxygen atoms in total. The van der Waals surface area contributed by atoms with Crippen molar-refractivity contribution in [2.24, 2.45) is 5.92 Å². The molecule has 0 heterocycles. The van der Waals surface area contributed by atoms with Crippen molar-refractivity contribution in [3.05, 3.63) is 77.6 Å². The Kier molecular flexibility index (Phi) is 14.4. The van der Waals surface area contributed by atoms with Crippen LogP contribution in [0.3, 0.4) is 0 Å². The second kappa shape index (κ2) is 18.2. The average molecular weight is 605 g/mol. The normalized spacial score (nSPS) is 11.9. The number of rotatable bonds is 19. The second-order valence-corrected chi connectivity index (χ2v) is 12.2. The van der Waals surface area contributed by atoms with Gasteiger partial charge in [-0.2, -0.15) is 0 Å². The molecule has 1 N–H and O–H groups in total. The van der Waals surface area contributed by atoms with Crippen LogP contribution in [0.4, 0.5) is 4.39 Å². The fourth-order valence-electron chi connectivity index (χ4n) is 5.48. The highest BCUT2D eigenvalue weighted by Gasteiger charge is 2.19. The van der Waals surface area contributed by atoms with E-state index in [1.807, 2.05) is 38.1 Å². The number of hydrogen-bond acceptors (Lipinski definition) is 4. The monoisotopic (exact) mass is 604 g/mol. The topological polar surface area (TPSA) is 72.8 Å². The van der Waals surface area contributed by atoms with Crippen LogP contribution in [0.1, 0.15) is 119 Å². The molecule has 0 spiro atoms. The number of halogens is 1. The standard InChI is InChI=1S/C38H49FO5/c1-5-6-7-8-9-10-11-12-13-14-23-43-32-19-15-29(16-20-32)33-21-18-31(37(40)41)25-35(33)30-17-22-34(36(39)26-30)38(42)44-28(4)24-27(2)3/h15-22,25-28H,5-14,23-24H2,1-4H3,(H,40,41)/t28-/m1/s1. The van der Waals surface area contributed by atoms with Gasteiger partial charge in [-0.1, -0.05) is 103 Å². The summed E-state index contributed by atoms with van der Waals surface area (Å²) in [4.78, 5) is 24.4. The van der Waals surface area contributed by atoms with E-state index in [0.717, 1.165) is 29.7 Å². The molecule has 0 aliphatic rings. The first kappa shape index (κ1) is 34.8. The van der Waals surface area contributed by atoms with Crippen LogP contribution < -0.4 is 4.74 Å². The number of aromatic carboxylic acids is 1. The zero-order chi connectivity index (χ0) is 31.9. The number of esters is 1. The Bertz CT molecular complexity index is 1330. The molecule has 3 aromatic rings. The fraction of sp³-hybridized carbons (Fsp3) is 0.474. The van der Waals surface area contributed by atoms with Gasteiger partial charge in [0.2, 0.25) is 0 Å². The van der Waals surface area contributed by atoms with E-state index in [2.05, 4.69) is 6.92 Å². The highest BCUT2D eigenvalue weighted by molar-refractivity contribution is 5.95. The maximum Gasteiger partial charge on any atom is 0.341 e. The van der Waals surface area contributed by atoms with Gasteiger partial charge in [0.1, 0.15) is 11.6 Å². The van der Waals surface area contributed by atoms with Crippen molar-refractivity contribution in [3.8, 4) is 28.0 Å². The Balaban J connectivity index is 1.65. The maximum absolute atomic E-state index is 15.2. The van der Waals surface area contributed by atoms with Gasteiger partial charge in [-0.25, -0.2) is 14.0 Å². The first-order chi connectivity index (χ1) is 21.2. The number of carboxylic acids is 1. The Morgan fingerprint density at radius 1 is 0.750 bits per heavy atom. The second-order valence-electron chi connectivity index (χ2n) is 12.2. The van der Waals surface area contributed by atoms with Gasteiger partial charge in [0.15, 0.2) is 0 Å². The summed E-state index contributed by atoms with van der Waals surface area (Å²) in [6.07, 6.45) is 13.1. The first-order valence-corrected chi connectivity index (χ1v) is 16.3. The van der Waals surface area contributed by atoms with Crippen molar-refractivity contribution >= 4 is 11.9 Å². The lowest BCUT2D eigenvalue weighted by Crippen LogP contribution is -2.17. The molecular formula is C38H49FO5.